The van der Waals surface area contributed by atoms with Crippen molar-refractivity contribution < 1.29 is 8.76 Å². The normalized spacial score (nSPS) is 18.6. The van der Waals surface area contributed by atoms with Gasteiger partial charge in [0.2, 0.25) is 0 Å². The maximum atomic E-state index is 10.6. The number of rotatable bonds is 2. The van der Waals surface area contributed by atoms with Crippen LogP contribution in [0.15, 0.2) is 23.2 Å². The van der Waals surface area contributed by atoms with Crippen LogP contribution in [0.25, 0.3) is 0 Å². The van der Waals surface area contributed by atoms with Gasteiger partial charge >= 0.3 is 0 Å². The van der Waals surface area contributed by atoms with Gasteiger partial charge in [0.05, 0.1) is 5.69 Å². The minimum absolute atomic E-state index is 0.107. The average Bonchev–Trinajstić information content (AvgIpc) is 2.42. The summed E-state index contributed by atoms with van der Waals surface area (Å²) in [7, 11) is 0. The van der Waals surface area contributed by atoms with Crippen molar-refractivity contribution in [1.29, 1.82) is 0 Å². The largest absolute Gasteiger partial charge is 0.289 e. The molecule has 80 valence electrons. The predicted molar refractivity (Wildman–Crippen MR) is 62.0 cm³/mol. The van der Waals surface area contributed by atoms with E-state index in [-0.39, 0.29) is 5.41 Å². The molecular weight excluding hydrogens is 212 g/mol. The van der Waals surface area contributed by atoms with Crippen LogP contribution in [0.5, 0.6) is 0 Å². The molecule has 0 radical (unpaired) electrons. The summed E-state index contributed by atoms with van der Waals surface area (Å²) in [5.74, 6) is 0. The molecule has 0 saturated heterocycles. The summed E-state index contributed by atoms with van der Waals surface area (Å²) < 4.78 is 21.8. The van der Waals surface area contributed by atoms with Crippen LogP contribution in [0.3, 0.4) is 0 Å². The Kier molecular flexibility index (Phi) is 2.36. The van der Waals surface area contributed by atoms with E-state index >= 15 is 0 Å². The second-order valence-corrected chi connectivity index (χ2v) is 4.77. The van der Waals surface area contributed by atoms with Crippen LogP contribution in [0.4, 0.5) is 11.4 Å². The van der Waals surface area contributed by atoms with Gasteiger partial charge in [0, 0.05) is 17.3 Å². The molecule has 2 N–H and O–H groups in total. The zero-order valence-corrected chi connectivity index (χ0v) is 9.34. The van der Waals surface area contributed by atoms with Crippen LogP contribution < -0.4 is 4.72 Å². The molecule has 0 bridgehead atoms. The van der Waals surface area contributed by atoms with Gasteiger partial charge in [-0.1, -0.05) is 13.8 Å². The predicted octanol–water partition coefficient (Wildman–Crippen LogP) is 2.23. The quantitative estimate of drug-likeness (QED) is 0.757. The van der Waals surface area contributed by atoms with Crippen molar-refractivity contribution in [2.45, 2.75) is 19.3 Å². The van der Waals surface area contributed by atoms with Gasteiger partial charge in [0.1, 0.15) is 0 Å². The van der Waals surface area contributed by atoms with Crippen molar-refractivity contribution in [1.82, 2.24) is 0 Å². The van der Waals surface area contributed by atoms with E-state index < -0.39 is 11.3 Å². The zero-order chi connectivity index (χ0) is 11.1. The molecule has 1 aromatic carbocycles. The van der Waals surface area contributed by atoms with E-state index in [0.717, 1.165) is 11.3 Å². The standard InChI is InChI=1S/C10H12N2O2S/c1-10(2)6-11-9-4-3-7(5-8(9)10)12-15(13)14/h3-6,12H,1-2H3,(H,13,14). The van der Waals surface area contributed by atoms with Crippen molar-refractivity contribution in [3.8, 4) is 0 Å². The third-order valence-corrected chi connectivity index (χ3v) is 2.83. The molecule has 1 aliphatic heterocycles. The molecule has 0 saturated carbocycles. The summed E-state index contributed by atoms with van der Waals surface area (Å²) in [6.45, 7) is 4.12. The molecule has 0 spiro atoms. The van der Waals surface area contributed by atoms with Gasteiger partial charge in [0.15, 0.2) is 0 Å². The Morgan fingerprint density at radius 3 is 2.87 bits per heavy atom. The van der Waals surface area contributed by atoms with Crippen molar-refractivity contribution in [2.75, 3.05) is 4.72 Å². The molecular formula is C10H12N2O2S. The molecule has 5 heteroatoms. The number of benzene rings is 1. The van der Waals surface area contributed by atoms with Crippen LogP contribution in [-0.2, 0) is 16.7 Å². The summed E-state index contributed by atoms with van der Waals surface area (Å²) in [5, 5.41) is 0. The Balaban J connectivity index is 2.40. The molecule has 2 rings (SSSR count). The molecule has 0 fully saturated rings. The van der Waals surface area contributed by atoms with Gasteiger partial charge in [-0.2, -0.15) is 0 Å². The molecule has 1 heterocycles. The van der Waals surface area contributed by atoms with Gasteiger partial charge in [-0.15, -0.1) is 0 Å². The lowest BCUT2D eigenvalue weighted by Crippen LogP contribution is -2.15. The maximum Gasteiger partial charge on any atom is 0.259 e. The second-order valence-electron chi connectivity index (χ2n) is 4.06. The average molecular weight is 224 g/mol. The molecule has 4 nitrogen and oxygen atoms in total. The molecule has 1 aromatic rings. The first-order chi connectivity index (χ1) is 6.99. The Labute approximate surface area is 90.8 Å². The summed E-state index contributed by atoms with van der Waals surface area (Å²) >= 11 is -2.03. The van der Waals surface area contributed by atoms with Gasteiger partial charge in [-0.05, 0) is 23.8 Å². The Hall–Kier alpha value is -1.20. The topological polar surface area (TPSA) is 61.7 Å². The first kappa shape index (κ1) is 10.3. The van der Waals surface area contributed by atoms with Gasteiger partial charge in [-0.25, -0.2) is 4.21 Å². The van der Waals surface area contributed by atoms with E-state index in [0.29, 0.717) is 5.69 Å². The van der Waals surface area contributed by atoms with Crippen LogP contribution in [0.1, 0.15) is 19.4 Å². The number of anilines is 1. The molecule has 0 aromatic heterocycles. The van der Waals surface area contributed by atoms with Crippen LogP contribution >= 0.6 is 0 Å². The number of nitrogens with zero attached hydrogens (tertiary/aromatic N) is 1. The molecule has 1 unspecified atom stereocenters. The third kappa shape index (κ3) is 1.93. The van der Waals surface area contributed by atoms with Crippen molar-refractivity contribution in [2.24, 2.45) is 4.99 Å². The maximum absolute atomic E-state index is 10.6. The molecule has 1 aliphatic rings. The van der Waals surface area contributed by atoms with Crippen LogP contribution in [0, 0.1) is 0 Å². The van der Waals surface area contributed by atoms with Gasteiger partial charge < -0.3 is 0 Å². The van der Waals surface area contributed by atoms with Gasteiger partial charge in [0.25, 0.3) is 11.3 Å². The first-order valence-electron chi connectivity index (χ1n) is 4.56. The number of aliphatic imine (C=N–C) groups is 1. The highest BCUT2D eigenvalue weighted by Gasteiger charge is 2.26. The smallest absolute Gasteiger partial charge is 0.259 e. The van der Waals surface area contributed by atoms with Crippen molar-refractivity contribution in [3.63, 3.8) is 0 Å². The summed E-state index contributed by atoms with van der Waals surface area (Å²) in [4.78, 5) is 4.28. The van der Waals surface area contributed by atoms with E-state index in [9.17, 15) is 4.21 Å². The second kappa shape index (κ2) is 3.43. The van der Waals surface area contributed by atoms with Crippen LogP contribution in [-0.4, -0.2) is 15.0 Å². The Morgan fingerprint density at radius 2 is 2.20 bits per heavy atom. The fourth-order valence-corrected chi connectivity index (χ4v) is 1.96. The molecule has 1 atom stereocenters. The summed E-state index contributed by atoms with van der Waals surface area (Å²) in [6.07, 6.45) is 1.89. The van der Waals surface area contributed by atoms with E-state index in [4.69, 9.17) is 4.55 Å². The minimum atomic E-state index is -2.03. The molecule has 0 amide bonds. The van der Waals surface area contributed by atoms with E-state index in [1.165, 1.54) is 0 Å². The van der Waals surface area contributed by atoms with Crippen LogP contribution in [0.2, 0.25) is 0 Å². The fraction of sp³-hybridized carbons (Fsp3) is 0.300. The van der Waals surface area contributed by atoms with E-state index in [2.05, 4.69) is 23.6 Å². The number of fused-ring (bicyclic) bond motifs is 1. The number of nitrogens with one attached hydrogen (secondary N) is 1. The lowest BCUT2D eigenvalue weighted by molar-refractivity contribution is 0.570. The van der Waals surface area contributed by atoms with Gasteiger partial charge in [-0.3, -0.25) is 14.3 Å². The summed E-state index contributed by atoms with van der Waals surface area (Å²) in [5.41, 5.74) is 2.52. The van der Waals surface area contributed by atoms with E-state index in [1.54, 1.807) is 6.07 Å². The molecule has 0 aliphatic carbocycles. The van der Waals surface area contributed by atoms with E-state index in [1.807, 2.05) is 18.3 Å². The number of hydrogen-bond donors (Lipinski definition) is 2. The fourth-order valence-electron chi connectivity index (χ4n) is 1.63. The monoisotopic (exact) mass is 224 g/mol. The zero-order valence-electron chi connectivity index (χ0n) is 8.52. The highest BCUT2D eigenvalue weighted by atomic mass is 32.2. The van der Waals surface area contributed by atoms with Crippen molar-refractivity contribution >= 4 is 28.9 Å². The Bertz CT molecular complexity index is 455. The summed E-state index contributed by atoms with van der Waals surface area (Å²) in [6, 6.07) is 5.44. The van der Waals surface area contributed by atoms with Crippen molar-refractivity contribution in [3.05, 3.63) is 23.8 Å². The highest BCUT2D eigenvalue weighted by molar-refractivity contribution is 7.80. The molecule has 15 heavy (non-hydrogen) atoms. The lowest BCUT2D eigenvalue weighted by Gasteiger charge is -2.16. The third-order valence-electron chi connectivity index (χ3n) is 2.42. The lowest BCUT2D eigenvalue weighted by atomic mass is 9.87. The Morgan fingerprint density at radius 1 is 1.47 bits per heavy atom. The minimum Gasteiger partial charge on any atom is -0.289 e. The first-order valence-corrected chi connectivity index (χ1v) is 5.67. The number of hydrogen-bond acceptors (Lipinski definition) is 2. The SMILES string of the molecule is CC1(C)C=Nc2ccc(NS(=O)O)cc21. The highest BCUT2D eigenvalue weighted by Crippen LogP contribution is 2.37.